The summed E-state index contributed by atoms with van der Waals surface area (Å²) in [5.74, 6) is 0. The van der Waals surface area contributed by atoms with Crippen LogP contribution < -0.4 is 31.9 Å². The van der Waals surface area contributed by atoms with Crippen molar-refractivity contribution in [3.8, 4) is 0 Å². The molecule has 0 aliphatic carbocycles. The number of aryl methyl sites for hydroxylation is 3. The van der Waals surface area contributed by atoms with Crippen LogP contribution in [0.2, 0.25) is 0 Å². The normalized spacial score (nSPS) is 10.9. The van der Waals surface area contributed by atoms with Gasteiger partial charge in [0.1, 0.15) is 0 Å². The number of unbranched alkanes of at least 4 members (excludes halogenated alkanes) is 3. The van der Waals surface area contributed by atoms with Crippen molar-refractivity contribution >= 4 is 52.2 Å². The number of hydrogen-bond donors (Lipinski definition) is 6. The van der Waals surface area contributed by atoms with Crippen molar-refractivity contribution in [1.29, 1.82) is 0 Å². The van der Waals surface area contributed by atoms with Crippen molar-refractivity contribution < 1.29 is 14.4 Å². The van der Waals surface area contributed by atoms with Crippen LogP contribution in [0, 0.1) is 0 Å². The Morgan fingerprint density at radius 2 is 0.625 bits per heavy atom. The van der Waals surface area contributed by atoms with Gasteiger partial charge in [-0.1, -0.05) is 131 Å². The fourth-order valence-corrected chi connectivity index (χ4v) is 7.49. The Balaban J connectivity index is 1.21. The highest BCUT2D eigenvalue weighted by molar-refractivity contribution is 6.01. The summed E-state index contributed by atoms with van der Waals surface area (Å²) in [6.45, 7) is 7.82. The van der Waals surface area contributed by atoms with Gasteiger partial charge in [0.15, 0.2) is 0 Å². The molecule has 0 aliphatic rings. The maximum atomic E-state index is 13.4. The maximum Gasteiger partial charge on any atom is 0.323 e. The summed E-state index contributed by atoms with van der Waals surface area (Å²) in [7, 11) is 0. The number of benzene rings is 6. The Hall–Kier alpha value is -6.91. The van der Waals surface area contributed by atoms with Gasteiger partial charge in [-0.05, 0) is 127 Å². The van der Waals surface area contributed by atoms with E-state index in [-0.39, 0.29) is 18.1 Å². The summed E-state index contributed by atoms with van der Waals surface area (Å²) in [6, 6.07) is 46.2. The molecule has 0 heterocycles. The monoisotopic (exact) mass is 857 g/mol. The van der Waals surface area contributed by atoms with Gasteiger partial charge in [-0.25, -0.2) is 14.4 Å². The fraction of sp³-hybridized carbons (Fsp3) is 0.278. The van der Waals surface area contributed by atoms with Gasteiger partial charge < -0.3 is 31.9 Å². The smallest absolute Gasteiger partial charge is 0.308 e. The van der Waals surface area contributed by atoms with Crippen molar-refractivity contribution in [3.63, 3.8) is 0 Å². The van der Waals surface area contributed by atoms with Crippen LogP contribution in [-0.4, -0.2) is 23.0 Å². The highest BCUT2D eigenvalue weighted by atomic mass is 16.2. The summed E-state index contributed by atoms with van der Waals surface area (Å²) in [5.41, 5.74) is 10.6. The predicted molar refractivity (Wildman–Crippen MR) is 265 cm³/mol. The second kappa shape index (κ2) is 24.7. The molecule has 0 spiro atoms. The molecular weight excluding hydrogens is 795 g/mol. The zero-order valence-corrected chi connectivity index (χ0v) is 37.5. The van der Waals surface area contributed by atoms with Gasteiger partial charge >= 0.3 is 18.1 Å². The molecule has 0 saturated carbocycles. The first-order valence-corrected chi connectivity index (χ1v) is 22.7. The van der Waals surface area contributed by atoms with Gasteiger partial charge in [-0.2, -0.15) is 0 Å². The van der Waals surface area contributed by atoms with Gasteiger partial charge in [-0.3, -0.25) is 4.90 Å². The second-order valence-electron chi connectivity index (χ2n) is 16.3. The van der Waals surface area contributed by atoms with Crippen molar-refractivity contribution in [2.75, 3.05) is 31.9 Å². The molecule has 0 atom stereocenters. The summed E-state index contributed by atoms with van der Waals surface area (Å²) in [4.78, 5) is 42.4. The van der Waals surface area contributed by atoms with E-state index in [2.05, 4.69) is 94.0 Å². The molecule has 6 aromatic rings. The van der Waals surface area contributed by atoms with E-state index < -0.39 is 0 Å². The minimum atomic E-state index is -0.340. The van der Waals surface area contributed by atoms with Crippen LogP contribution in [0.5, 0.6) is 0 Å². The molecule has 0 unspecified atom stereocenters. The molecule has 332 valence electrons. The molecule has 6 N–H and O–H groups in total. The third-order valence-electron chi connectivity index (χ3n) is 11.1. The van der Waals surface area contributed by atoms with Gasteiger partial charge in [0.2, 0.25) is 0 Å². The van der Waals surface area contributed by atoms with Gasteiger partial charge in [0, 0.05) is 53.8 Å². The zero-order valence-electron chi connectivity index (χ0n) is 37.5. The van der Waals surface area contributed by atoms with Crippen LogP contribution in [0.25, 0.3) is 0 Å². The molecule has 0 saturated heterocycles. The molecule has 6 amide bonds. The molecule has 10 heteroatoms. The number of anilines is 6. The average Bonchev–Trinajstić information content (AvgIpc) is 3.30. The number of carbonyl (C=O) groups is 3. The number of nitrogens with zero attached hydrogens (tertiary/aromatic N) is 1. The lowest BCUT2D eigenvalue weighted by Crippen LogP contribution is -2.27. The summed E-state index contributed by atoms with van der Waals surface area (Å²) in [5, 5.41) is 18.2. The van der Waals surface area contributed by atoms with Crippen LogP contribution in [0.1, 0.15) is 92.7 Å². The lowest BCUT2D eigenvalue weighted by molar-refractivity contribution is 0.248. The van der Waals surface area contributed by atoms with Crippen LogP contribution in [-0.2, 0) is 38.9 Å². The highest BCUT2D eigenvalue weighted by Crippen LogP contribution is 2.27. The molecule has 10 nitrogen and oxygen atoms in total. The van der Waals surface area contributed by atoms with E-state index in [4.69, 9.17) is 0 Å². The first-order chi connectivity index (χ1) is 31.3. The number of hydrogen-bond acceptors (Lipinski definition) is 4. The number of rotatable bonds is 21. The molecule has 0 radical (unpaired) electrons. The van der Waals surface area contributed by atoms with Crippen LogP contribution in [0.4, 0.5) is 48.5 Å². The molecular formula is C54H63N7O3. The lowest BCUT2D eigenvalue weighted by atomic mass is 10.1. The number of nitrogens with one attached hydrogen (secondary N) is 6. The standard InChI is InChI=1S/C54H63N7O3/c1-4-7-16-40-25-31-46(32-26-40)55-52(62)58-49-22-13-10-19-43(49)37-61(38-44-20-11-14-23-50(44)59-53(63)56-47-33-27-41(28-34-47)17-8-5-2)39-45-21-12-15-24-51(45)60-54(64)57-48-35-29-42(30-36-48)18-9-6-3/h10-15,19-36H,4-9,16-18,37-39H2,1-3H3,(H2,55,58,62)(H2,56,59,63)(H2,57,60,64). The van der Waals surface area contributed by atoms with Crippen LogP contribution in [0.3, 0.4) is 0 Å². The second-order valence-corrected chi connectivity index (χ2v) is 16.3. The van der Waals surface area contributed by atoms with Gasteiger partial charge in [0.05, 0.1) is 0 Å². The summed E-state index contributed by atoms with van der Waals surface area (Å²) >= 11 is 0. The largest absolute Gasteiger partial charge is 0.323 e. The summed E-state index contributed by atoms with van der Waals surface area (Å²) < 4.78 is 0. The zero-order chi connectivity index (χ0) is 44.9. The SMILES string of the molecule is CCCCc1ccc(NC(=O)Nc2ccccc2CN(Cc2ccccc2NC(=O)Nc2ccc(CCCC)cc2)Cc2ccccc2NC(=O)Nc2ccc(CCCC)cc2)cc1. The molecule has 6 aromatic carbocycles. The van der Waals surface area contributed by atoms with Crippen LogP contribution in [0.15, 0.2) is 146 Å². The summed E-state index contributed by atoms with van der Waals surface area (Å²) in [6.07, 6.45) is 9.78. The van der Waals surface area contributed by atoms with E-state index in [1.54, 1.807) is 0 Å². The number of para-hydroxylation sites is 3. The molecule has 0 aliphatic heterocycles. The van der Waals surface area contributed by atoms with E-state index in [0.717, 1.165) is 74.5 Å². The van der Waals surface area contributed by atoms with E-state index in [1.807, 2.05) is 109 Å². The van der Waals surface area contributed by atoms with E-state index in [1.165, 1.54) is 16.7 Å². The first kappa shape index (κ1) is 46.6. The number of amides is 6. The average molecular weight is 858 g/mol. The highest BCUT2D eigenvalue weighted by Gasteiger charge is 2.18. The first-order valence-electron chi connectivity index (χ1n) is 22.7. The van der Waals surface area contributed by atoms with Crippen molar-refractivity contribution in [2.45, 2.75) is 98.2 Å². The third-order valence-corrected chi connectivity index (χ3v) is 11.1. The molecule has 0 aromatic heterocycles. The Bertz CT molecular complexity index is 2130. The predicted octanol–water partition coefficient (Wildman–Crippen LogP) is 13.8. The Kier molecular flexibility index (Phi) is 17.9. The third kappa shape index (κ3) is 14.9. The van der Waals surface area contributed by atoms with E-state index >= 15 is 0 Å². The van der Waals surface area contributed by atoms with E-state index in [0.29, 0.717) is 53.8 Å². The number of urea groups is 3. The Morgan fingerprint density at radius 3 is 0.891 bits per heavy atom. The fourth-order valence-electron chi connectivity index (χ4n) is 7.49. The van der Waals surface area contributed by atoms with Crippen molar-refractivity contribution in [1.82, 2.24) is 4.90 Å². The van der Waals surface area contributed by atoms with Crippen LogP contribution >= 0.6 is 0 Å². The molecule has 64 heavy (non-hydrogen) atoms. The molecule has 6 rings (SSSR count). The topological polar surface area (TPSA) is 127 Å². The Labute approximate surface area is 379 Å². The van der Waals surface area contributed by atoms with Crippen molar-refractivity contribution in [3.05, 3.63) is 179 Å². The number of carbonyl (C=O) groups excluding carboxylic acids is 3. The van der Waals surface area contributed by atoms with Crippen molar-refractivity contribution in [2.24, 2.45) is 0 Å². The maximum absolute atomic E-state index is 13.4. The minimum absolute atomic E-state index is 0.340. The van der Waals surface area contributed by atoms with Gasteiger partial charge in [-0.15, -0.1) is 0 Å². The molecule has 0 bridgehead atoms. The van der Waals surface area contributed by atoms with Gasteiger partial charge in [0.25, 0.3) is 0 Å². The minimum Gasteiger partial charge on any atom is -0.308 e. The Morgan fingerprint density at radius 1 is 0.359 bits per heavy atom. The van der Waals surface area contributed by atoms with E-state index in [9.17, 15) is 14.4 Å². The molecule has 0 fully saturated rings. The lowest BCUT2D eigenvalue weighted by Gasteiger charge is -2.26. The quantitative estimate of drug-likeness (QED) is 0.0431.